The molecule has 1 aromatic carbocycles. The molecule has 2 rings (SSSR count). The second-order valence-electron chi connectivity index (χ2n) is 5.67. The van der Waals surface area contributed by atoms with Gasteiger partial charge in [0.2, 0.25) is 10.0 Å². The van der Waals surface area contributed by atoms with Crippen LogP contribution in [-0.2, 0) is 14.8 Å². The summed E-state index contributed by atoms with van der Waals surface area (Å²) in [5.74, 6) is -0.625. The lowest BCUT2D eigenvalue weighted by molar-refractivity contribution is -0.109. The Labute approximate surface area is 118 Å². The summed E-state index contributed by atoms with van der Waals surface area (Å²) < 4.78 is 45.4. The Morgan fingerprint density at radius 2 is 2.10 bits per heavy atom. The molecule has 1 unspecified atom stereocenters. The van der Waals surface area contributed by atoms with E-state index in [1.165, 1.54) is 10.4 Å². The van der Waals surface area contributed by atoms with E-state index in [9.17, 15) is 12.8 Å². The van der Waals surface area contributed by atoms with Crippen molar-refractivity contribution in [3.8, 4) is 0 Å². The van der Waals surface area contributed by atoms with E-state index < -0.39 is 21.4 Å². The number of halogens is 1. The predicted octanol–water partition coefficient (Wildman–Crippen LogP) is 1.60. The Hall–Kier alpha value is -1.18. The number of nitrogens with two attached hydrogens (primary N) is 1. The van der Waals surface area contributed by atoms with Gasteiger partial charge in [-0.05, 0) is 39.0 Å². The SMILES string of the molecule is CC1CN(S(=O)(=O)c2ccc(F)c(N)c2)CC(C)(C)O1. The average molecular weight is 302 g/mol. The van der Waals surface area contributed by atoms with Crippen LogP contribution in [0.4, 0.5) is 10.1 Å². The van der Waals surface area contributed by atoms with Crippen LogP contribution in [0, 0.1) is 5.82 Å². The highest BCUT2D eigenvalue weighted by Crippen LogP contribution is 2.27. The van der Waals surface area contributed by atoms with Crippen LogP contribution < -0.4 is 5.73 Å². The third-order valence-electron chi connectivity index (χ3n) is 3.14. The Morgan fingerprint density at radius 3 is 2.65 bits per heavy atom. The number of hydrogen-bond donors (Lipinski definition) is 1. The Kier molecular flexibility index (Phi) is 3.79. The first-order chi connectivity index (χ1) is 9.12. The molecule has 1 aliphatic heterocycles. The van der Waals surface area contributed by atoms with Crippen molar-refractivity contribution in [1.29, 1.82) is 0 Å². The van der Waals surface area contributed by atoms with Gasteiger partial charge in [0, 0.05) is 13.1 Å². The van der Waals surface area contributed by atoms with Crippen molar-refractivity contribution >= 4 is 15.7 Å². The molecule has 0 aromatic heterocycles. The van der Waals surface area contributed by atoms with Crippen molar-refractivity contribution in [2.75, 3.05) is 18.8 Å². The molecule has 0 radical (unpaired) electrons. The van der Waals surface area contributed by atoms with Gasteiger partial charge in [-0.25, -0.2) is 12.8 Å². The molecule has 5 nitrogen and oxygen atoms in total. The third-order valence-corrected chi connectivity index (χ3v) is 4.95. The fourth-order valence-corrected chi connectivity index (χ4v) is 4.11. The maximum atomic E-state index is 13.2. The van der Waals surface area contributed by atoms with Crippen LogP contribution in [0.25, 0.3) is 0 Å². The highest BCUT2D eigenvalue weighted by Gasteiger charge is 2.38. The molecule has 0 spiro atoms. The van der Waals surface area contributed by atoms with Crippen molar-refractivity contribution in [3.63, 3.8) is 0 Å². The van der Waals surface area contributed by atoms with Crippen LogP contribution in [0.5, 0.6) is 0 Å². The first-order valence-electron chi connectivity index (χ1n) is 6.35. The number of rotatable bonds is 2. The molecule has 7 heteroatoms. The molecule has 1 fully saturated rings. The molecule has 0 saturated carbocycles. The van der Waals surface area contributed by atoms with Gasteiger partial charge in [0.25, 0.3) is 0 Å². The minimum absolute atomic E-state index is 0.00120. The summed E-state index contributed by atoms with van der Waals surface area (Å²) in [6.07, 6.45) is -0.202. The van der Waals surface area contributed by atoms with E-state index in [1.807, 2.05) is 20.8 Å². The van der Waals surface area contributed by atoms with Gasteiger partial charge in [-0.2, -0.15) is 4.31 Å². The van der Waals surface area contributed by atoms with Crippen molar-refractivity contribution < 1.29 is 17.5 Å². The molecule has 1 saturated heterocycles. The summed E-state index contributed by atoms with van der Waals surface area (Å²) in [7, 11) is -3.70. The Balaban J connectivity index is 2.36. The average Bonchev–Trinajstić information content (AvgIpc) is 2.30. The van der Waals surface area contributed by atoms with Gasteiger partial charge in [0.15, 0.2) is 0 Å². The zero-order valence-corrected chi connectivity index (χ0v) is 12.6. The van der Waals surface area contributed by atoms with E-state index >= 15 is 0 Å². The van der Waals surface area contributed by atoms with Crippen molar-refractivity contribution in [2.45, 2.75) is 37.4 Å². The summed E-state index contributed by atoms with van der Waals surface area (Å²) in [6.45, 7) is 6.01. The van der Waals surface area contributed by atoms with Gasteiger partial charge in [-0.15, -0.1) is 0 Å². The highest BCUT2D eigenvalue weighted by atomic mass is 32.2. The van der Waals surface area contributed by atoms with E-state index in [4.69, 9.17) is 10.5 Å². The maximum Gasteiger partial charge on any atom is 0.243 e. The lowest BCUT2D eigenvalue weighted by Crippen LogP contribution is -2.53. The van der Waals surface area contributed by atoms with Crippen LogP contribution in [0.1, 0.15) is 20.8 Å². The molecule has 2 N–H and O–H groups in total. The van der Waals surface area contributed by atoms with Gasteiger partial charge < -0.3 is 10.5 Å². The van der Waals surface area contributed by atoms with E-state index in [0.717, 1.165) is 12.1 Å². The number of morpholine rings is 1. The van der Waals surface area contributed by atoms with Crippen molar-refractivity contribution in [1.82, 2.24) is 4.31 Å². The lowest BCUT2D eigenvalue weighted by Gasteiger charge is -2.40. The first kappa shape index (κ1) is 15.2. The molecule has 112 valence electrons. The molecule has 0 bridgehead atoms. The molecule has 1 atom stereocenters. The summed E-state index contributed by atoms with van der Waals surface area (Å²) in [4.78, 5) is 0.00120. The monoisotopic (exact) mass is 302 g/mol. The fourth-order valence-electron chi connectivity index (χ4n) is 2.41. The molecular weight excluding hydrogens is 283 g/mol. The topological polar surface area (TPSA) is 72.6 Å². The second kappa shape index (κ2) is 4.98. The van der Waals surface area contributed by atoms with Crippen LogP contribution in [-0.4, -0.2) is 37.5 Å². The predicted molar refractivity (Wildman–Crippen MR) is 74.2 cm³/mol. The van der Waals surface area contributed by atoms with E-state index in [1.54, 1.807) is 0 Å². The summed E-state index contributed by atoms with van der Waals surface area (Å²) in [6, 6.07) is 3.45. The normalized spacial score (nSPS) is 23.7. The number of ether oxygens (including phenoxy) is 1. The van der Waals surface area contributed by atoms with Crippen molar-refractivity contribution in [3.05, 3.63) is 24.0 Å². The number of hydrogen-bond acceptors (Lipinski definition) is 4. The van der Waals surface area contributed by atoms with Crippen LogP contribution in [0.2, 0.25) is 0 Å². The van der Waals surface area contributed by atoms with Gasteiger partial charge in [-0.1, -0.05) is 0 Å². The van der Waals surface area contributed by atoms with Crippen LogP contribution >= 0.6 is 0 Å². The number of nitrogens with zero attached hydrogens (tertiary/aromatic N) is 1. The number of sulfonamides is 1. The van der Waals surface area contributed by atoms with Gasteiger partial charge in [0.05, 0.1) is 22.3 Å². The number of anilines is 1. The minimum atomic E-state index is -3.70. The minimum Gasteiger partial charge on any atom is -0.396 e. The third kappa shape index (κ3) is 2.94. The molecule has 1 heterocycles. The van der Waals surface area contributed by atoms with E-state index in [0.29, 0.717) is 0 Å². The van der Waals surface area contributed by atoms with Gasteiger partial charge in [0.1, 0.15) is 5.82 Å². The highest BCUT2D eigenvalue weighted by molar-refractivity contribution is 7.89. The second-order valence-corrected chi connectivity index (χ2v) is 7.61. The molecule has 20 heavy (non-hydrogen) atoms. The summed E-state index contributed by atoms with van der Waals surface area (Å²) in [5.41, 5.74) is 4.71. The quantitative estimate of drug-likeness (QED) is 0.842. The zero-order valence-electron chi connectivity index (χ0n) is 11.8. The summed E-state index contributed by atoms with van der Waals surface area (Å²) >= 11 is 0. The lowest BCUT2D eigenvalue weighted by atomic mass is 10.1. The molecule has 0 aliphatic carbocycles. The number of benzene rings is 1. The molecule has 1 aromatic rings. The largest absolute Gasteiger partial charge is 0.396 e. The maximum absolute atomic E-state index is 13.2. The first-order valence-corrected chi connectivity index (χ1v) is 7.79. The van der Waals surface area contributed by atoms with Crippen LogP contribution in [0.3, 0.4) is 0 Å². The molecular formula is C13H19FN2O3S. The molecule has 1 aliphatic rings. The Bertz CT molecular complexity index is 616. The van der Waals surface area contributed by atoms with Gasteiger partial charge in [-0.3, -0.25) is 0 Å². The number of nitrogen functional groups attached to an aromatic ring is 1. The zero-order chi connectivity index (χ0) is 15.1. The summed E-state index contributed by atoms with van der Waals surface area (Å²) in [5, 5.41) is 0. The molecule has 0 amide bonds. The van der Waals surface area contributed by atoms with Crippen LogP contribution in [0.15, 0.2) is 23.1 Å². The fraction of sp³-hybridized carbons (Fsp3) is 0.538. The standard InChI is InChI=1S/C13H19FN2O3S/c1-9-7-16(8-13(2,3)19-9)20(17,18)10-4-5-11(14)12(15)6-10/h4-6,9H,7-8,15H2,1-3H3. The van der Waals surface area contributed by atoms with Crippen molar-refractivity contribution in [2.24, 2.45) is 0 Å². The van der Waals surface area contributed by atoms with E-state index in [2.05, 4.69) is 0 Å². The van der Waals surface area contributed by atoms with Gasteiger partial charge >= 0.3 is 0 Å². The van der Waals surface area contributed by atoms with E-state index in [-0.39, 0.29) is 29.8 Å². The smallest absolute Gasteiger partial charge is 0.243 e. The Morgan fingerprint density at radius 1 is 1.45 bits per heavy atom.